The van der Waals surface area contributed by atoms with Crippen LogP contribution < -0.4 is 20.3 Å². The highest BCUT2D eigenvalue weighted by Gasteiger charge is 2.25. The zero-order valence-electron chi connectivity index (χ0n) is 16.8. The SMILES string of the molecule is CN=C(NCc1ccccc1NS(C)(=O)=O)NC1CCN(c2ncccc2Cl)C1.I. The third-order valence-corrected chi connectivity index (χ3v) is 5.44. The zero-order valence-corrected chi connectivity index (χ0v) is 20.7. The first kappa shape index (κ1) is 24.5. The smallest absolute Gasteiger partial charge is 0.229 e. The number of nitrogens with zero attached hydrogens (tertiary/aromatic N) is 3. The van der Waals surface area contributed by atoms with Crippen molar-refractivity contribution in [1.29, 1.82) is 0 Å². The largest absolute Gasteiger partial charge is 0.353 e. The molecule has 164 valence electrons. The summed E-state index contributed by atoms with van der Waals surface area (Å²) in [7, 11) is -1.64. The summed E-state index contributed by atoms with van der Waals surface area (Å²) in [5, 5.41) is 7.30. The monoisotopic (exact) mass is 564 g/mol. The predicted octanol–water partition coefficient (Wildman–Crippen LogP) is 2.67. The van der Waals surface area contributed by atoms with Crippen molar-refractivity contribution in [3.8, 4) is 0 Å². The molecule has 0 aliphatic carbocycles. The molecule has 1 fully saturated rings. The first-order valence-electron chi connectivity index (χ1n) is 9.24. The Labute approximate surface area is 199 Å². The van der Waals surface area contributed by atoms with Crippen LogP contribution in [0.2, 0.25) is 5.02 Å². The van der Waals surface area contributed by atoms with E-state index in [1.165, 1.54) is 0 Å². The molecule has 2 heterocycles. The molecule has 3 rings (SSSR count). The van der Waals surface area contributed by atoms with E-state index in [9.17, 15) is 8.42 Å². The molecule has 1 saturated heterocycles. The number of nitrogens with one attached hydrogen (secondary N) is 3. The van der Waals surface area contributed by atoms with Crippen LogP contribution in [0.4, 0.5) is 11.5 Å². The fourth-order valence-electron chi connectivity index (χ4n) is 3.22. The standard InChI is InChI=1S/C19H25ClN6O2S.HI/c1-21-19(23-12-14-6-3-4-8-17(14)25-29(2,27)28)24-15-9-11-26(13-15)18-16(20)7-5-10-22-18;/h3-8,10,15,25H,9,11-13H2,1-2H3,(H2,21,23,24);1H. The maximum Gasteiger partial charge on any atom is 0.229 e. The summed E-state index contributed by atoms with van der Waals surface area (Å²) in [6.07, 6.45) is 3.81. The van der Waals surface area contributed by atoms with E-state index in [1.807, 2.05) is 24.3 Å². The third kappa shape index (κ3) is 6.88. The summed E-state index contributed by atoms with van der Waals surface area (Å²) in [5.41, 5.74) is 1.38. The molecule has 30 heavy (non-hydrogen) atoms. The minimum absolute atomic E-state index is 0. The van der Waals surface area contributed by atoms with Gasteiger partial charge in [-0.1, -0.05) is 29.8 Å². The van der Waals surface area contributed by atoms with Crippen LogP contribution in [-0.4, -0.2) is 51.8 Å². The number of benzene rings is 1. The van der Waals surface area contributed by atoms with Gasteiger partial charge in [0.25, 0.3) is 0 Å². The molecule has 1 aliphatic heterocycles. The molecule has 8 nitrogen and oxygen atoms in total. The number of hydrogen-bond acceptors (Lipinski definition) is 5. The Balaban J connectivity index is 0.00000320. The normalized spacial score (nSPS) is 16.7. The Kier molecular flexibility index (Phi) is 8.98. The molecule has 3 N–H and O–H groups in total. The Morgan fingerprint density at radius 1 is 1.30 bits per heavy atom. The van der Waals surface area contributed by atoms with Crippen LogP contribution in [0.15, 0.2) is 47.6 Å². The van der Waals surface area contributed by atoms with Crippen LogP contribution in [0.3, 0.4) is 0 Å². The number of sulfonamides is 1. The van der Waals surface area contributed by atoms with Crippen molar-refractivity contribution in [2.45, 2.75) is 19.0 Å². The Morgan fingerprint density at radius 3 is 2.77 bits per heavy atom. The molecule has 2 aromatic rings. The Bertz CT molecular complexity index is 988. The van der Waals surface area contributed by atoms with Gasteiger partial charge in [-0.05, 0) is 30.2 Å². The molecule has 1 aliphatic rings. The molecule has 0 bridgehead atoms. The third-order valence-electron chi connectivity index (χ3n) is 4.55. The lowest BCUT2D eigenvalue weighted by Gasteiger charge is -2.20. The maximum atomic E-state index is 11.6. The van der Waals surface area contributed by atoms with Crippen molar-refractivity contribution in [2.24, 2.45) is 4.99 Å². The topological polar surface area (TPSA) is 98.7 Å². The summed E-state index contributed by atoms with van der Waals surface area (Å²) in [4.78, 5) is 10.8. The fraction of sp³-hybridized carbons (Fsp3) is 0.368. The van der Waals surface area contributed by atoms with Crippen LogP contribution in [0.5, 0.6) is 0 Å². The molecular weight excluding hydrogens is 539 g/mol. The fourth-order valence-corrected chi connectivity index (χ4v) is 4.06. The summed E-state index contributed by atoms with van der Waals surface area (Å²) in [6, 6.07) is 11.1. The van der Waals surface area contributed by atoms with E-state index in [0.717, 1.165) is 37.1 Å². The summed E-state index contributed by atoms with van der Waals surface area (Å²) in [6.45, 7) is 2.05. The minimum atomic E-state index is -3.34. The van der Waals surface area contributed by atoms with Crippen LogP contribution in [0.1, 0.15) is 12.0 Å². The van der Waals surface area contributed by atoms with Crippen molar-refractivity contribution < 1.29 is 8.42 Å². The first-order valence-corrected chi connectivity index (χ1v) is 11.5. The number of halogens is 2. The Morgan fingerprint density at radius 2 is 2.07 bits per heavy atom. The second-order valence-corrected chi connectivity index (χ2v) is 9.00. The molecule has 0 spiro atoms. The van der Waals surface area contributed by atoms with Gasteiger partial charge in [-0.2, -0.15) is 0 Å². The van der Waals surface area contributed by atoms with E-state index in [0.29, 0.717) is 23.2 Å². The van der Waals surface area contributed by atoms with Gasteiger partial charge in [0.05, 0.1) is 17.0 Å². The van der Waals surface area contributed by atoms with E-state index in [2.05, 4.69) is 30.2 Å². The van der Waals surface area contributed by atoms with Crippen molar-refractivity contribution >= 4 is 63.1 Å². The number of guanidine groups is 1. The van der Waals surface area contributed by atoms with Crippen LogP contribution >= 0.6 is 35.6 Å². The van der Waals surface area contributed by atoms with Gasteiger partial charge in [0.1, 0.15) is 5.82 Å². The van der Waals surface area contributed by atoms with E-state index in [1.54, 1.807) is 25.4 Å². The lowest BCUT2D eigenvalue weighted by atomic mass is 10.2. The number of aliphatic imine (C=N–C) groups is 1. The van der Waals surface area contributed by atoms with Gasteiger partial charge in [-0.3, -0.25) is 9.71 Å². The molecule has 0 saturated carbocycles. The molecule has 0 amide bonds. The lowest BCUT2D eigenvalue weighted by molar-refractivity contribution is 0.606. The van der Waals surface area contributed by atoms with Gasteiger partial charge in [0.2, 0.25) is 10.0 Å². The number of anilines is 2. The highest BCUT2D eigenvalue weighted by Crippen LogP contribution is 2.25. The van der Waals surface area contributed by atoms with Crippen molar-refractivity contribution in [1.82, 2.24) is 15.6 Å². The molecular formula is C19H26ClIN6O2S. The second kappa shape index (κ2) is 11.0. The summed E-state index contributed by atoms with van der Waals surface area (Å²) < 4.78 is 25.7. The number of hydrogen-bond donors (Lipinski definition) is 3. The minimum Gasteiger partial charge on any atom is -0.353 e. The van der Waals surface area contributed by atoms with E-state index in [4.69, 9.17) is 11.6 Å². The van der Waals surface area contributed by atoms with Crippen molar-refractivity contribution in [2.75, 3.05) is 36.0 Å². The highest BCUT2D eigenvalue weighted by molar-refractivity contribution is 14.0. The number of para-hydroxylation sites is 1. The van der Waals surface area contributed by atoms with Gasteiger partial charge in [0, 0.05) is 38.9 Å². The number of rotatable bonds is 6. The first-order chi connectivity index (χ1) is 13.9. The van der Waals surface area contributed by atoms with E-state index < -0.39 is 10.0 Å². The molecule has 11 heteroatoms. The van der Waals surface area contributed by atoms with Gasteiger partial charge in [0.15, 0.2) is 5.96 Å². The number of aromatic nitrogens is 1. The maximum absolute atomic E-state index is 11.6. The van der Waals surface area contributed by atoms with Gasteiger partial charge in [-0.25, -0.2) is 13.4 Å². The number of pyridine rings is 1. The summed E-state index contributed by atoms with van der Waals surface area (Å²) in [5.74, 6) is 1.44. The molecule has 1 aromatic heterocycles. The average molecular weight is 565 g/mol. The van der Waals surface area contributed by atoms with Gasteiger partial charge in [-0.15, -0.1) is 24.0 Å². The summed E-state index contributed by atoms with van der Waals surface area (Å²) >= 11 is 6.25. The van der Waals surface area contributed by atoms with Crippen molar-refractivity contribution in [3.63, 3.8) is 0 Å². The lowest BCUT2D eigenvalue weighted by Crippen LogP contribution is -2.44. The zero-order chi connectivity index (χ0) is 20.9. The van der Waals surface area contributed by atoms with Crippen LogP contribution in [0.25, 0.3) is 0 Å². The van der Waals surface area contributed by atoms with E-state index >= 15 is 0 Å². The highest BCUT2D eigenvalue weighted by atomic mass is 127. The second-order valence-electron chi connectivity index (χ2n) is 6.84. The molecule has 1 aromatic carbocycles. The van der Waals surface area contributed by atoms with E-state index in [-0.39, 0.29) is 30.0 Å². The van der Waals surface area contributed by atoms with Crippen LogP contribution in [-0.2, 0) is 16.6 Å². The molecule has 1 unspecified atom stereocenters. The van der Waals surface area contributed by atoms with Gasteiger partial charge < -0.3 is 15.5 Å². The van der Waals surface area contributed by atoms with Gasteiger partial charge >= 0.3 is 0 Å². The molecule has 0 radical (unpaired) electrons. The Hall–Kier alpha value is -1.79. The predicted molar refractivity (Wildman–Crippen MR) is 134 cm³/mol. The average Bonchev–Trinajstić information content (AvgIpc) is 3.13. The molecule has 1 atom stereocenters. The van der Waals surface area contributed by atoms with Crippen LogP contribution in [0, 0.1) is 0 Å². The van der Waals surface area contributed by atoms with Crippen molar-refractivity contribution in [3.05, 3.63) is 53.2 Å². The quantitative estimate of drug-likeness (QED) is 0.284.